The Kier molecular flexibility index (Phi) is 3.48. The van der Waals surface area contributed by atoms with Crippen LogP contribution in [0.5, 0.6) is 0 Å². The van der Waals surface area contributed by atoms with Crippen LogP contribution < -0.4 is 0 Å². The van der Waals surface area contributed by atoms with Gasteiger partial charge in [0.25, 0.3) is 0 Å². The Bertz CT molecular complexity index is 1200. The Balaban J connectivity index is 1.77. The summed E-state index contributed by atoms with van der Waals surface area (Å²) in [6.45, 7) is 0.473. The Morgan fingerprint density at radius 2 is 2.00 bits per heavy atom. The van der Waals surface area contributed by atoms with E-state index >= 15 is 0 Å². The van der Waals surface area contributed by atoms with E-state index in [9.17, 15) is 0 Å². The van der Waals surface area contributed by atoms with Crippen LogP contribution in [0.15, 0.2) is 76.9 Å². The van der Waals surface area contributed by atoms with Crippen molar-refractivity contribution in [1.82, 2.24) is 14.5 Å². The summed E-state index contributed by atoms with van der Waals surface area (Å²) in [6.07, 6.45) is 10.5. The molecule has 5 rings (SSSR count). The summed E-state index contributed by atoms with van der Waals surface area (Å²) in [6, 6.07) is 16.1. The molecule has 0 fully saturated rings. The number of nitrogens with zero attached hydrogens (tertiary/aromatic N) is 4. The number of benzene rings is 2. The molecule has 5 nitrogen and oxygen atoms in total. The molecule has 0 atom stereocenters. The van der Waals surface area contributed by atoms with Crippen LogP contribution in [0, 0.1) is 12.3 Å². The van der Waals surface area contributed by atoms with E-state index in [0.29, 0.717) is 12.3 Å². The van der Waals surface area contributed by atoms with Crippen molar-refractivity contribution in [3.63, 3.8) is 0 Å². The molecule has 0 N–H and O–H groups in total. The van der Waals surface area contributed by atoms with Gasteiger partial charge in [0.15, 0.2) is 12.2 Å². The first-order valence-electron chi connectivity index (χ1n) is 8.51. The first kappa shape index (κ1) is 15.4. The van der Waals surface area contributed by atoms with E-state index in [1.165, 1.54) is 6.39 Å². The number of aliphatic imine (C=N–C) groups is 1. The number of rotatable bonds is 2. The molecule has 1 aliphatic rings. The number of aromatic nitrogens is 3. The van der Waals surface area contributed by atoms with Crippen molar-refractivity contribution >= 4 is 5.71 Å². The van der Waals surface area contributed by atoms with Crippen molar-refractivity contribution in [2.75, 3.05) is 0 Å². The minimum Gasteiger partial charge on any atom is -0.442 e. The molecular formula is C22H14N4O. The maximum absolute atomic E-state index is 5.64. The fraction of sp³-hybridized carbons (Fsp3) is 0.0455. The molecule has 27 heavy (non-hydrogen) atoms. The van der Waals surface area contributed by atoms with Crippen molar-refractivity contribution in [2.24, 2.45) is 4.99 Å². The van der Waals surface area contributed by atoms with Crippen molar-refractivity contribution in [2.45, 2.75) is 6.54 Å². The average molecular weight is 350 g/mol. The second kappa shape index (κ2) is 6.11. The molecule has 2 aromatic heterocycles. The molecule has 0 aliphatic carbocycles. The third-order valence-electron chi connectivity index (χ3n) is 4.64. The molecular weight excluding hydrogens is 336 g/mol. The predicted octanol–water partition coefficient (Wildman–Crippen LogP) is 3.86. The zero-order valence-electron chi connectivity index (χ0n) is 14.3. The largest absolute Gasteiger partial charge is 0.442 e. The quantitative estimate of drug-likeness (QED) is 0.516. The van der Waals surface area contributed by atoms with E-state index in [2.05, 4.69) is 28.0 Å². The minimum absolute atomic E-state index is 0.473. The Labute approximate surface area is 156 Å². The maximum Gasteiger partial charge on any atom is 0.181 e. The van der Waals surface area contributed by atoms with Gasteiger partial charge in [-0.2, -0.15) is 0 Å². The third-order valence-corrected chi connectivity index (χ3v) is 4.64. The zero-order chi connectivity index (χ0) is 18.2. The lowest BCUT2D eigenvalue weighted by atomic mass is 9.98. The summed E-state index contributed by atoms with van der Waals surface area (Å²) in [7, 11) is 0. The van der Waals surface area contributed by atoms with Gasteiger partial charge >= 0.3 is 0 Å². The van der Waals surface area contributed by atoms with Crippen LogP contribution in [0.2, 0.25) is 0 Å². The van der Waals surface area contributed by atoms with E-state index in [1.807, 2.05) is 41.0 Å². The second-order valence-corrected chi connectivity index (χ2v) is 6.18. The summed E-state index contributed by atoms with van der Waals surface area (Å²) < 4.78 is 7.51. The van der Waals surface area contributed by atoms with E-state index < -0.39 is 0 Å². The highest BCUT2D eigenvalue weighted by Crippen LogP contribution is 2.31. The summed E-state index contributed by atoms with van der Waals surface area (Å²) in [5, 5.41) is 0. The topological polar surface area (TPSA) is 56.2 Å². The molecule has 0 bridgehead atoms. The van der Waals surface area contributed by atoms with Crippen LogP contribution in [0.1, 0.15) is 22.4 Å². The van der Waals surface area contributed by atoms with Gasteiger partial charge < -0.3 is 4.42 Å². The molecule has 0 radical (unpaired) electrons. The summed E-state index contributed by atoms with van der Waals surface area (Å²) in [5.41, 5.74) is 6.45. The Morgan fingerprint density at radius 1 is 1.11 bits per heavy atom. The van der Waals surface area contributed by atoms with Gasteiger partial charge in [-0.15, -0.1) is 6.42 Å². The van der Waals surface area contributed by atoms with Crippen LogP contribution in [-0.2, 0) is 6.54 Å². The van der Waals surface area contributed by atoms with Gasteiger partial charge in [-0.1, -0.05) is 36.3 Å². The number of hydrogen-bond acceptors (Lipinski definition) is 4. The molecule has 5 heteroatoms. The normalized spacial score (nSPS) is 12.5. The van der Waals surface area contributed by atoms with Gasteiger partial charge in [-0.25, -0.2) is 9.97 Å². The van der Waals surface area contributed by atoms with Crippen molar-refractivity contribution in [3.05, 3.63) is 89.8 Å². The second-order valence-electron chi connectivity index (χ2n) is 6.18. The number of terminal acetylenes is 1. The highest BCUT2D eigenvalue weighted by atomic mass is 16.3. The van der Waals surface area contributed by atoms with E-state index in [0.717, 1.165) is 39.5 Å². The Morgan fingerprint density at radius 3 is 2.78 bits per heavy atom. The van der Waals surface area contributed by atoms with Gasteiger partial charge in [0.1, 0.15) is 12.0 Å². The van der Waals surface area contributed by atoms with Gasteiger partial charge in [0.2, 0.25) is 0 Å². The minimum atomic E-state index is 0.473. The van der Waals surface area contributed by atoms with Gasteiger partial charge in [0.05, 0.1) is 29.8 Å². The molecule has 0 saturated carbocycles. The molecule has 4 aromatic rings. The van der Waals surface area contributed by atoms with Crippen molar-refractivity contribution in [3.8, 4) is 29.5 Å². The highest BCUT2D eigenvalue weighted by Gasteiger charge is 2.23. The highest BCUT2D eigenvalue weighted by molar-refractivity contribution is 6.15. The third kappa shape index (κ3) is 2.47. The molecule has 0 amide bonds. The fourth-order valence-corrected chi connectivity index (χ4v) is 3.38. The smallest absolute Gasteiger partial charge is 0.181 e. The average Bonchev–Trinajstić information content (AvgIpc) is 3.36. The molecule has 0 spiro atoms. The molecule has 2 aromatic carbocycles. The summed E-state index contributed by atoms with van der Waals surface area (Å²) in [4.78, 5) is 13.5. The van der Waals surface area contributed by atoms with Crippen LogP contribution in [-0.4, -0.2) is 20.2 Å². The molecule has 3 heterocycles. The summed E-state index contributed by atoms with van der Waals surface area (Å²) >= 11 is 0. The molecule has 0 saturated heterocycles. The van der Waals surface area contributed by atoms with Gasteiger partial charge in [-0.05, 0) is 18.2 Å². The SMILES string of the molecule is C#Cc1ccc2c(c1)C(c1ccccc1)=NCc1c(-c3cnco3)ncn1-2. The van der Waals surface area contributed by atoms with E-state index in [1.54, 1.807) is 12.5 Å². The Hall–Kier alpha value is -3.91. The first-order valence-corrected chi connectivity index (χ1v) is 8.51. The van der Waals surface area contributed by atoms with Gasteiger partial charge in [0, 0.05) is 16.7 Å². The number of imidazole rings is 1. The molecule has 0 unspecified atom stereocenters. The van der Waals surface area contributed by atoms with Gasteiger partial charge in [-0.3, -0.25) is 9.56 Å². The van der Waals surface area contributed by atoms with Crippen LogP contribution in [0.3, 0.4) is 0 Å². The molecule has 1 aliphatic heterocycles. The maximum atomic E-state index is 5.64. The van der Waals surface area contributed by atoms with Crippen molar-refractivity contribution < 1.29 is 4.42 Å². The van der Waals surface area contributed by atoms with Crippen LogP contribution >= 0.6 is 0 Å². The lowest BCUT2D eigenvalue weighted by Crippen LogP contribution is -2.07. The lowest BCUT2D eigenvalue weighted by Gasteiger charge is -2.12. The number of oxazole rings is 1. The van der Waals surface area contributed by atoms with E-state index in [-0.39, 0.29) is 0 Å². The predicted molar refractivity (Wildman–Crippen MR) is 103 cm³/mol. The first-order chi connectivity index (χ1) is 13.3. The number of fused-ring (bicyclic) bond motifs is 3. The summed E-state index contributed by atoms with van der Waals surface area (Å²) in [5.74, 6) is 3.35. The van der Waals surface area contributed by atoms with E-state index in [4.69, 9.17) is 15.8 Å². The zero-order valence-corrected chi connectivity index (χ0v) is 14.3. The fourth-order valence-electron chi connectivity index (χ4n) is 3.38. The monoisotopic (exact) mass is 350 g/mol. The van der Waals surface area contributed by atoms with Crippen molar-refractivity contribution in [1.29, 1.82) is 0 Å². The molecule has 128 valence electrons. The van der Waals surface area contributed by atoms with Crippen LogP contribution in [0.4, 0.5) is 0 Å². The van der Waals surface area contributed by atoms with Crippen LogP contribution in [0.25, 0.3) is 17.1 Å². The number of hydrogen-bond donors (Lipinski definition) is 0. The standard InChI is InChI=1S/C22H14N4O/c1-2-15-8-9-18-17(10-15)21(16-6-4-3-5-7-16)24-11-19-22(25-13-26(18)19)20-12-23-14-27-20/h1,3-10,12-14H,11H2. The lowest BCUT2D eigenvalue weighted by molar-refractivity contribution is 0.569.